The van der Waals surface area contributed by atoms with Gasteiger partial charge in [-0.15, -0.1) is 0 Å². The predicted octanol–water partition coefficient (Wildman–Crippen LogP) is 0.440. The number of hydrogen-bond acceptors (Lipinski definition) is 4. The van der Waals surface area contributed by atoms with Crippen LogP contribution in [-0.2, 0) is 19.6 Å². The van der Waals surface area contributed by atoms with E-state index in [-0.39, 0.29) is 24.4 Å². The minimum absolute atomic E-state index is 0.0227. The Balaban J connectivity index is 1.74. The highest BCUT2D eigenvalue weighted by Crippen LogP contribution is 2.20. The molecule has 0 radical (unpaired) electrons. The molecule has 0 aromatic carbocycles. The summed E-state index contributed by atoms with van der Waals surface area (Å²) in [6.45, 7) is 3.49. The Morgan fingerprint density at radius 2 is 1.75 bits per heavy atom. The molecule has 0 atom stereocenters. The summed E-state index contributed by atoms with van der Waals surface area (Å²) < 4.78 is 30.5. The zero-order chi connectivity index (χ0) is 14.6. The molecule has 1 saturated heterocycles. The Bertz CT molecular complexity index is 424. The summed E-state index contributed by atoms with van der Waals surface area (Å²) in [6.07, 6.45) is 4.71. The van der Waals surface area contributed by atoms with Gasteiger partial charge in [-0.05, 0) is 19.8 Å². The molecule has 1 aliphatic carbocycles. The Kier molecular flexibility index (Phi) is 5.40. The molecule has 0 spiro atoms. The van der Waals surface area contributed by atoms with Crippen LogP contribution in [0.25, 0.3) is 0 Å². The molecule has 1 heterocycles. The van der Waals surface area contributed by atoms with Crippen LogP contribution in [-0.4, -0.2) is 68.2 Å². The normalized spacial score (nSPS) is 22.4. The fourth-order valence-corrected chi connectivity index (χ4v) is 3.82. The highest BCUT2D eigenvalue weighted by atomic mass is 32.2. The van der Waals surface area contributed by atoms with E-state index in [9.17, 15) is 13.2 Å². The van der Waals surface area contributed by atoms with Crippen molar-refractivity contribution in [3.8, 4) is 0 Å². The van der Waals surface area contributed by atoms with Crippen LogP contribution in [0.4, 0.5) is 0 Å². The van der Waals surface area contributed by atoms with Gasteiger partial charge in [0.25, 0.3) is 0 Å². The largest absolute Gasteiger partial charge is 0.368 e. The van der Waals surface area contributed by atoms with Crippen LogP contribution < -0.4 is 0 Å². The number of piperazine rings is 1. The number of ether oxygens (including phenoxy) is 1. The van der Waals surface area contributed by atoms with Gasteiger partial charge in [-0.25, -0.2) is 8.42 Å². The van der Waals surface area contributed by atoms with Crippen molar-refractivity contribution >= 4 is 15.9 Å². The van der Waals surface area contributed by atoms with E-state index in [0.717, 1.165) is 12.8 Å². The van der Waals surface area contributed by atoms with E-state index in [0.29, 0.717) is 26.2 Å². The number of sulfonamides is 1. The monoisotopic (exact) mass is 304 g/mol. The lowest BCUT2D eigenvalue weighted by Gasteiger charge is -2.34. The number of carbonyl (C=O) groups excluding carboxylic acids is 1. The van der Waals surface area contributed by atoms with Crippen molar-refractivity contribution in [2.45, 2.75) is 38.7 Å². The second-order valence-electron chi connectivity index (χ2n) is 5.40. The van der Waals surface area contributed by atoms with Crippen molar-refractivity contribution in [2.75, 3.05) is 38.5 Å². The molecule has 1 saturated carbocycles. The highest BCUT2D eigenvalue weighted by molar-refractivity contribution is 7.89. The van der Waals surface area contributed by atoms with E-state index in [2.05, 4.69) is 0 Å². The number of rotatable bonds is 5. The molecule has 2 rings (SSSR count). The minimum Gasteiger partial charge on any atom is -0.368 e. The van der Waals surface area contributed by atoms with Gasteiger partial charge in [-0.2, -0.15) is 4.31 Å². The zero-order valence-electron chi connectivity index (χ0n) is 12.1. The Morgan fingerprint density at radius 3 is 2.30 bits per heavy atom. The van der Waals surface area contributed by atoms with Gasteiger partial charge in [-0.3, -0.25) is 4.79 Å². The first kappa shape index (κ1) is 15.7. The van der Waals surface area contributed by atoms with Crippen molar-refractivity contribution in [1.29, 1.82) is 0 Å². The van der Waals surface area contributed by atoms with Gasteiger partial charge in [0.2, 0.25) is 15.9 Å². The van der Waals surface area contributed by atoms with Crippen molar-refractivity contribution in [3.05, 3.63) is 0 Å². The van der Waals surface area contributed by atoms with Crippen molar-refractivity contribution in [2.24, 2.45) is 0 Å². The summed E-state index contributed by atoms with van der Waals surface area (Å²) in [4.78, 5) is 13.7. The fourth-order valence-electron chi connectivity index (χ4n) is 2.73. The summed E-state index contributed by atoms with van der Waals surface area (Å²) in [5.41, 5.74) is 0. The van der Waals surface area contributed by atoms with Gasteiger partial charge >= 0.3 is 0 Å². The molecule has 0 unspecified atom stereocenters. The molecule has 0 aromatic heterocycles. The molecule has 0 N–H and O–H groups in total. The SMILES string of the molecule is CCS(=O)(=O)N1CCN(C(=O)COC2CCCC2)CC1. The molecular weight excluding hydrogens is 280 g/mol. The van der Waals surface area contributed by atoms with Crippen LogP contribution >= 0.6 is 0 Å². The van der Waals surface area contributed by atoms with E-state index in [1.165, 1.54) is 17.1 Å². The Morgan fingerprint density at radius 1 is 1.15 bits per heavy atom. The first-order chi connectivity index (χ1) is 9.53. The molecule has 1 aliphatic heterocycles. The summed E-state index contributed by atoms with van der Waals surface area (Å²) in [7, 11) is -3.13. The van der Waals surface area contributed by atoms with E-state index < -0.39 is 10.0 Å². The molecule has 7 heteroatoms. The van der Waals surface area contributed by atoms with Crippen molar-refractivity contribution < 1.29 is 17.9 Å². The van der Waals surface area contributed by atoms with Crippen LogP contribution in [0.3, 0.4) is 0 Å². The third-order valence-corrected chi connectivity index (χ3v) is 5.98. The van der Waals surface area contributed by atoms with Gasteiger partial charge in [-0.1, -0.05) is 12.8 Å². The van der Waals surface area contributed by atoms with Gasteiger partial charge < -0.3 is 9.64 Å². The minimum atomic E-state index is -3.13. The second-order valence-corrected chi connectivity index (χ2v) is 7.66. The van der Waals surface area contributed by atoms with E-state index >= 15 is 0 Å². The molecular formula is C13H24N2O4S. The quantitative estimate of drug-likeness (QED) is 0.739. The molecule has 1 amide bonds. The number of amides is 1. The lowest BCUT2D eigenvalue weighted by molar-refractivity contribution is -0.139. The topological polar surface area (TPSA) is 66.9 Å². The predicted molar refractivity (Wildman–Crippen MR) is 75.8 cm³/mol. The standard InChI is InChI=1S/C13H24N2O4S/c1-2-20(17,18)15-9-7-14(8-10-15)13(16)11-19-12-5-3-4-6-12/h12H,2-11H2,1H3. The Hall–Kier alpha value is -0.660. The van der Waals surface area contributed by atoms with Crippen LogP contribution in [0.5, 0.6) is 0 Å². The maximum Gasteiger partial charge on any atom is 0.248 e. The molecule has 20 heavy (non-hydrogen) atoms. The van der Waals surface area contributed by atoms with Crippen LogP contribution in [0.1, 0.15) is 32.6 Å². The lowest BCUT2D eigenvalue weighted by atomic mass is 10.3. The van der Waals surface area contributed by atoms with Gasteiger partial charge in [0, 0.05) is 26.2 Å². The summed E-state index contributed by atoms with van der Waals surface area (Å²) >= 11 is 0. The summed E-state index contributed by atoms with van der Waals surface area (Å²) in [6, 6.07) is 0. The van der Waals surface area contributed by atoms with Crippen LogP contribution in [0, 0.1) is 0 Å². The lowest BCUT2D eigenvalue weighted by Crippen LogP contribution is -2.51. The number of hydrogen-bond donors (Lipinski definition) is 0. The number of nitrogens with zero attached hydrogens (tertiary/aromatic N) is 2. The average Bonchev–Trinajstić information content (AvgIpc) is 2.98. The maximum atomic E-state index is 12.0. The first-order valence-electron chi connectivity index (χ1n) is 7.40. The van der Waals surface area contributed by atoms with E-state index in [4.69, 9.17) is 4.74 Å². The van der Waals surface area contributed by atoms with Crippen LogP contribution in [0.15, 0.2) is 0 Å². The summed E-state index contributed by atoms with van der Waals surface area (Å²) in [5, 5.41) is 0. The number of carbonyl (C=O) groups is 1. The van der Waals surface area contributed by atoms with E-state index in [1.807, 2.05) is 0 Å². The smallest absolute Gasteiger partial charge is 0.248 e. The highest BCUT2D eigenvalue weighted by Gasteiger charge is 2.28. The van der Waals surface area contributed by atoms with Gasteiger partial charge in [0.1, 0.15) is 6.61 Å². The van der Waals surface area contributed by atoms with Crippen molar-refractivity contribution in [3.63, 3.8) is 0 Å². The first-order valence-corrected chi connectivity index (χ1v) is 9.01. The van der Waals surface area contributed by atoms with Gasteiger partial charge in [0.05, 0.1) is 11.9 Å². The molecule has 0 aromatic rings. The van der Waals surface area contributed by atoms with Crippen molar-refractivity contribution in [1.82, 2.24) is 9.21 Å². The van der Waals surface area contributed by atoms with Gasteiger partial charge in [0.15, 0.2) is 0 Å². The summed E-state index contributed by atoms with van der Waals surface area (Å²) in [5.74, 6) is 0.0941. The molecule has 0 bridgehead atoms. The third kappa shape index (κ3) is 3.93. The van der Waals surface area contributed by atoms with E-state index in [1.54, 1.807) is 11.8 Å². The second kappa shape index (κ2) is 6.87. The molecule has 6 nitrogen and oxygen atoms in total. The van der Waals surface area contributed by atoms with Crippen LogP contribution in [0.2, 0.25) is 0 Å². The fraction of sp³-hybridized carbons (Fsp3) is 0.923. The Labute approximate surface area is 121 Å². The zero-order valence-corrected chi connectivity index (χ0v) is 12.9. The molecule has 2 aliphatic rings. The third-order valence-electron chi connectivity index (χ3n) is 4.09. The molecule has 2 fully saturated rings. The average molecular weight is 304 g/mol. The maximum absolute atomic E-state index is 12.0. The molecule has 116 valence electrons.